The third-order valence-corrected chi connectivity index (χ3v) is 2.12. The number of aromatic nitrogens is 3. The van der Waals surface area contributed by atoms with Crippen LogP contribution in [-0.2, 0) is 0 Å². The fraction of sp³-hybridized carbons (Fsp3) is 0. The Morgan fingerprint density at radius 3 is 2.56 bits per heavy atom. The lowest BCUT2D eigenvalue weighted by atomic mass is 10.1. The highest BCUT2D eigenvalue weighted by Crippen LogP contribution is 2.15. The first-order valence-electron chi connectivity index (χ1n) is 4.33. The van der Waals surface area contributed by atoms with Crippen molar-refractivity contribution in [3.63, 3.8) is 0 Å². The number of carbonyl (C=O) groups excluding carboxylic acids is 1. The van der Waals surface area contributed by atoms with Crippen molar-refractivity contribution in [3.8, 4) is 17.5 Å². The van der Waals surface area contributed by atoms with Crippen LogP contribution in [0.15, 0.2) is 24.3 Å². The molecule has 2 aromatic rings. The van der Waals surface area contributed by atoms with Gasteiger partial charge in [-0.25, -0.2) is 4.98 Å². The Balaban J connectivity index is 2.36. The third-order valence-electron chi connectivity index (χ3n) is 1.94. The second kappa shape index (κ2) is 4.13. The monoisotopic (exact) mass is 232 g/mol. The standard InChI is InChI=1S/C10H5ClN4O/c11-8(16)10-13-9(14-15-10)7-3-1-6(5-12)2-4-7/h1-4H,(H,13,14,15). The Kier molecular flexibility index (Phi) is 2.66. The lowest BCUT2D eigenvalue weighted by molar-refractivity contribution is 0.107. The van der Waals surface area contributed by atoms with Crippen molar-refractivity contribution in [3.05, 3.63) is 35.7 Å². The summed E-state index contributed by atoms with van der Waals surface area (Å²) >= 11 is 5.24. The van der Waals surface area contributed by atoms with Crippen LogP contribution < -0.4 is 0 Å². The predicted molar refractivity (Wildman–Crippen MR) is 56.7 cm³/mol. The third kappa shape index (κ3) is 1.92. The normalized spacial score (nSPS) is 9.75. The van der Waals surface area contributed by atoms with Crippen molar-refractivity contribution in [1.29, 1.82) is 5.26 Å². The highest BCUT2D eigenvalue weighted by molar-refractivity contribution is 6.67. The molecule has 6 heteroatoms. The van der Waals surface area contributed by atoms with Crippen LogP contribution in [0.2, 0.25) is 0 Å². The maximum absolute atomic E-state index is 10.8. The summed E-state index contributed by atoms with van der Waals surface area (Å²) in [5.74, 6) is 0.370. The Labute approximate surface area is 95.7 Å². The van der Waals surface area contributed by atoms with E-state index in [2.05, 4.69) is 15.2 Å². The second-order valence-corrected chi connectivity index (χ2v) is 3.31. The Morgan fingerprint density at radius 1 is 1.38 bits per heavy atom. The molecule has 0 spiro atoms. The van der Waals surface area contributed by atoms with E-state index in [1.807, 2.05) is 6.07 Å². The molecule has 0 aliphatic carbocycles. The molecule has 0 atom stereocenters. The molecule has 1 aromatic carbocycles. The molecule has 78 valence electrons. The maximum atomic E-state index is 10.8. The number of aromatic amines is 1. The van der Waals surface area contributed by atoms with Crippen molar-refractivity contribution in [2.75, 3.05) is 0 Å². The van der Waals surface area contributed by atoms with Crippen LogP contribution in [0, 0.1) is 11.3 Å². The number of hydrogen-bond donors (Lipinski definition) is 1. The van der Waals surface area contributed by atoms with Crippen molar-refractivity contribution in [2.45, 2.75) is 0 Å². The van der Waals surface area contributed by atoms with Crippen LogP contribution in [-0.4, -0.2) is 20.4 Å². The summed E-state index contributed by atoms with van der Waals surface area (Å²) in [5, 5.41) is 14.2. The molecule has 16 heavy (non-hydrogen) atoms. The van der Waals surface area contributed by atoms with E-state index in [0.29, 0.717) is 17.0 Å². The summed E-state index contributed by atoms with van der Waals surface area (Å²) in [4.78, 5) is 14.7. The van der Waals surface area contributed by atoms with Gasteiger partial charge >= 0.3 is 0 Å². The average molecular weight is 233 g/mol. The number of rotatable bonds is 2. The molecule has 0 aliphatic heterocycles. The number of halogens is 1. The average Bonchev–Trinajstić information content (AvgIpc) is 2.78. The van der Waals surface area contributed by atoms with E-state index in [0.717, 1.165) is 0 Å². The van der Waals surface area contributed by atoms with Crippen LogP contribution in [0.4, 0.5) is 0 Å². The Morgan fingerprint density at radius 2 is 2.06 bits per heavy atom. The maximum Gasteiger partial charge on any atom is 0.289 e. The van der Waals surface area contributed by atoms with E-state index in [4.69, 9.17) is 16.9 Å². The van der Waals surface area contributed by atoms with Gasteiger partial charge in [-0.2, -0.15) is 10.4 Å². The number of nitriles is 1. The molecular formula is C10H5ClN4O. The van der Waals surface area contributed by atoms with Crippen LogP contribution >= 0.6 is 11.6 Å². The first-order chi connectivity index (χ1) is 7.70. The molecule has 1 aromatic heterocycles. The molecular weight excluding hydrogens is 228 g/mol. The Bertz CT molecular complexity index is 567. The molecule has 0 amide bonds. The smallest absolute Gasteiger partial charge is 0.272 e. The first-order valence-corrected chi connectivity index (χ1v) is 4.71. The largest absolute Gasteiger partial charge is 0.289 e. The molecule has 0 unspecified atom stereocenters. The minimum absolute atomic E-state index is 0.000950. The zero-order valence-corrected chi connectivity index (χ0v) is 8.69. The van der Waals surface area contributed by atoms with E-state index in [1.165, 1.54) is 0 Å². The summed E-state index contributed by atoms with van der Waals surface area (Å²) in [5.41, 5.74) is 1.26. The van der Waals surface area contributed by atoms with Crippen molar-refractivity contribution in [1.82, 2.24) is 15.2 Å². The number of H-pyrrole nitrogens is 1. The van der Waals surface area contributed by atoms with E-state index in [1.54, 1.807) is 24.3 Å². The van der Waals surface area contributed by atoms with Gasteiger partial charge in [0.1, 0.15) is 0 Å². The van der Waals surface area contributed by atoms with E-state index in [9.17, 15) is 4.79 Å². The summed E-state index contributed by atoms with van der Waals surface area (Å²) in [7, 11) is 0. The molecule has 1 heterocycles. The second-order valence-electron chi connectivity index (χ2n) is 2.97. The number of nitrogens with one attached hydrogen (secondary N) is 1. The molecule has 0 fully saturated rings. The van der Waals surface area contributed by atoms with Crippen molar-refractivity contribution >= 4 is 16.8 Å². The number of benzene rings is 1. The molecule has 1 N–H and O–H groups in total. The first kappa shape index (κ1) is 10.3. The van der Waals surface area contributed by atoms with Gasteiger partial charge in [0.25, 0.3) is 5.24 Å². The van der Waals surface area contributed by atoms with Gasteiger partial charge in [0, 0.05) is 5.56 Å². The summed E-state index contributed by atoms with van der Waals surface area (Å²) in [6.45, 7) is 0. The van der Waals surface area contributed by atoms with Crippen molar-refractivity contribution in [2.24, 2.45) is 0 Å². The summed E-state index contributed by atoms with van der Waals surface area (Å²) in [6.07, 6.45) is 0. The van der Waals surface area contributed by atoms with Gasteiger partial charge in [-0.1, -0.05) is 0 Å². The highest BCUT2D eigenvalue weighted by Gasteiger charge is 2.10. The van der Waals surface area contributed by atoms with Crippen molar-refractivity contribution < 1.29 is 4.79 Å². The lowest BCUT2D eigenvalue weighted by Crippen LogP contribution is -1.90. The van der Waals surface area contributed by atoms with Crippen LogP contribution in [0.1, 0.15) is 16.2 Å². The fourth-order valence-electron chi connectivity index (χ4n) is 1.17. The SMILES string of the molecule is N#Cc1ccc(-c2n[nH]c(C(=O)Cl)n2)cc1. The van der Waals surface area contributed by atoms with Gasteiger partial charge in [-0.3, -0.25) is 9.89 Å². The van der Waals surface area contributed by atoms with Gasteiger partial charge in [0.05, 0.1) is 11.6 Å². The van der Waals surface area contributed by atoms with Gasteiger partial charge in [0.2, 0.25) is 5.82 Å². The van der Waals surface area contributed by atoms with Crippen LogP contribution in [0.25, 0.3) is 11.4 Å². The zero-order valence-electron chi connectivity index (χ0n) is 7.94. The lowest BCUT2D eigenvalue weighted by Gasteiger charge is -1.93. The topological polar surface area (TPSA) is 82.4 Å². The highest BCUT2D eigenvalue weighted by atomic mass is 35.5. The molecule has 5 nitrogen and oxygen atoms in total. The van der Waals surface area contributed by atoms with Gasteiger partial charge in [-0.05, 0) is 35.9 Å². The molecule has 0 saturated carbocycles. The van der Waals surface area contributed by atoms with E-state index < -0.39 is 5.24 Å². The summed E-state index contributed by atoms with van der Waals surface area (Å²) in [6, 6.07) is 8.70. The van der Waals surface area contributed by atoms with Gasteiger partial charge < -0.3 is 0 Å². The number of hydrogen-bond acceptors (Lipinski definition) is 4. The summed E-state index contributed by atoms with van der Waals surface area (Å²) < 4.78 is 0. The number of carbonyl (C=O) groups is 1. The number of nitrogens with zero attached hydrogens (tertiary/aromatic N) is 3. The minimum Gasteiger partial charge on any atom is -0.272 e. The zero-order chi connectivity index (χ0) is 11.5. The molecule has 0 aliphatic rings. The van der Waals surface area contributed by atoms with E-state index in [-0.39, 0.29) is 5.82 Å². The molecule has 0 radical (unpaired) electrons. The molecule has 0 saturated heterocycles. The predicted octanol–water partition coefficient (Wildman–Crippen LogP) is 1.72. The molecule has 2 rings (SSSR count). The van der Waals surface area contributed by atoms with Crippen LogP contribution in [0.3, 0.4) is 0 Å². The fourth-order valence-corrected chi connectivity index (χ4v) is 1.26. The van der Waals surface area contributed by atoms with Gasteiger partial charge in [-0.15, -0.1) is 0 Å². The minimum atomic E-state index is -0.688. The Hall–Kier alpha value is -2.19. The van der Waals surface area contributed by atoms with E-state index >= 15 is 0 Å². The van der Waals surface area contributed by atoms with Gasteiger partial charge in [0.15, 0.2) is 5.82 Å². The van der Waals surface area contributed by atoms with Crippen LogP contribution in [0.5, 0.6) is 0 Å². The quantitative estimate of drug-likeness (QED) is 0.800. The molecule has 0 bridgehead atoms.